The summed E-state index contributed by atoms with van der Waals surface area (Å²) in [6.07, 6.45) is 7.30. The summed E-state index contributed by atoms with van der Waals surface area (Å²) in [6, 6.07) is 0. The van der Waals surface area contributed by atoms with E-state index < -0.39 is 17.4 Å². The number of nitrogens with zero attached hydrogens (tertiary/aromatic N) is 4. The molecule has 1 spiro atoms. The van der Waals surface area contributed by atoms with Crippen molar-refractivity contribution in [2.75, 3.05) is 13.6 Å². The van der Waals surface area contributed by atoms with Crippen molar-refractivity contribution < 1.29 is 14.3 Å². The molecule has 0 unspecified atom stereocenters. The molecule has 1 aromatic rings. The normalized spacial score (nSPS) is 31.7. The van der Waals surface area contributed by atoms with E-state index in [-0.39, 0.29) is 23.5 Å². The average Bonchev–Trinajstić information content (AvgIpc) is 3.34. The molecule has 4 heterocycles. The van der Waals surface area contributed by atoms with Crippen molar-refractivity contribution in [2.24, 2.45) is 11.8 Å². The number of carbonyl (C=O) groups is 2. The third kappa shape index (κ3) is 2.63. The van der Waals surface area contributed by atoms with Gasteiger partial charge in [0.2, 0.25) is 11.8 Å². The molecule has 2 amide bonds. The number of likely N-dealkylation sites (tertiary alicyclic amines) is 1. The van der Waals surface area contributed by atoms with E-state index in [1.807, 2.05) is 55.5 Å². The lowest BCUT2D eigenvalue weighted by molar-refractivity contribution is -0.144. The van der Waals surface area contributed by atoms with Crippen LogP contribution in [-0.4, -0.2) is 62.0 Å². The number of imidazole rings is 1. The van der Waals surface area contributed by atoms with Gasteiger partial charge in [0.25, 0.3) is 0 Å². The van der Waals surface area contributed by atoms with Crippen molar-refractivity contribution in [1.29, 1.82) is 0 Å². The molecule has 0 aliphatic carbocycles. The fourth-order valence-electron chi connectivity index (χ4n) is 4.67. The maximum Gasteiger partial charge on any atom is 0.230 e. The predicted molar refractivity (Wildman–Crippen MR) is 99.6 cm³/mol. The molecule has 7 heteroatoms. The summed E-state index contributed by atoms with van der Waals surface area (Å²) in [5, 5.41) is 0. The molecule has 0 saturated carbocycles. The van der Waals surface area contributed by atoms with Gasteiger partial charge < -0.3 is 19.1 Å². The molecular weight excluding hydrogens is 344 g/mol. The predicted octanol–water partition coefficient (Wildman–Crippen LogP) is 1.44. The van der Waals surface area contributed by atoms with E-state index in [0.29, 0.717) is 13.1 Å². The van der Waals surface area contributed by atoms with E-state index in [9.17, 15) is 9.59 Å². The minimum atomic E-state index is -0.655. The van der Waals surface area contributed by atoms with Crippen LogP contribution in [0.15, 0.2) is 24.5 Å². The number of hydrogen-bond acceptors (Lipinski definition) is 4. The van der Waals surface area contributed by atoms with Crippen LogP contribution in [0.3, 0.4) is 0 Å². The Morgan fingerprint density at radius 3 is 2.85 bits per heavy atom. The van der Waals surface area contributed by atoms with E-state index in [1.54, 1.807) is 18.1 Å². The molecule has 7 nitrogen and oxygen atoms in total. The number of hydrogen-bond donors (Lipinski definition) is 0. The molecule has 1 aromatic heterocycles. The first-order valence-corrected chi connectivity index (χ1v) is 9.61. The Morgan fingerprint density at radius 1 is 1.44 bits per heavy atom. The van der Waals surface area contributed by atoms with Gasteiger partial charge in [-0.3, -0.25) is 9.59 Å². The van der Waals surface area contributed by atoms with Crippen LogP contribution in [0.4, 0.5) is 0 Å². The van der Waals surface area contributed by atoms with Crippen LogP contribution in [0.25, 0.3) is 0 Å². The molecule has 3 aliphatic heterocycles. The van der Waals surface area contributed by atoms with Crippen LogP contribution in [0.1, 0.15) is 33.5 Å². The second-order valence-corrected chi connectivity index (χ2v) is 8.82. The topological polar surface area (TPSA) is 67.7 Å². The van der Waals surface area contributed by atoms with Gasteiger partial charge in [-0.1, -0.05) is 12.2 Å². The van der Waals surface area contributed by atoms with Gasteiger partial charge >= 0.3 is 0 Å². The van der Waals surface area contributed by atoms with Gasteiger partial charge in [-0.25, -0.2) is 4.98 Å². The molecule has 2 bridgehead atoms. The van der Waals surface area contributed by atoms with Crippen molar-refractivity contribution >= 4 is 11.8 Å². The summed E-state index contributed by atoms with van der Waals surface area (Å²) in [5.74, 6) is -0.0867. The molecule has 3 aliphatic rings. The minimum absolute atomic E-state index is 0.0242. The lowest BCUT2D eigenvalue weighted by Gasteiger charge is -2.34. The van der Waals surface area contributed by atoms with Crippen LogP contribution in [0.2, 0.25) is 0 Å². The zero-order valence-corrected chi connectivity index (χ0v) is 16.7. The van der Waals surface area contributed by atoms with E-state index in [1.165, 1.54) is 0 Å². The number of aromatic nitrogens is 2. The van der Waals surface area contributed by atoms with Gasteiger partial charge in [0.05, 0.1) is 31.0 Å². The largest absolute Gasteiger partial charge is 0.360 e. The van der Waals surface area contributed by atoms with Gasteiger partial charge in [-0.05, 0) is 27.7 Å². The van der Waals surface area contributed by atoms with Crippen molar-refractivity contribution in [3.05, 3.63) is 30.4 Å². The van der Waals surface area contributed by atoms with Crippen LogP contribution in [0.5, 0.6) is 0 Å². The molecule has 2 saturated heterocycles. The van der Waals surface area contributed by atoms with Crippen molar-refractivity contribution in [1.82, 2.24) is 19.4 Å². The van der Waals surface area contributed by atoms with Crippen molar-refractivity contribution in [3.63, 3.8) is 0 Å². The smallest absolute Gasteiger partial charge is 0.230 e. The fourth-order valence-corrected chi connectivity index (χ4v) is 4.67. The maximum atomic E-state index is 13.3. The van der Waals surface area contributed by atoms with E-state index in [0.717, 1.165) is 12.4 Å². The van der Waals surface area contributed by atoms with Gasteiger partial charge in [0.15, 0.2) is 0 Å². The highest BCUT2D eigenvalue weighted by molar-refractivity contribution is 5.93. The highest BCUT2D eigenvalue weighted by atomic mass is 16.5. The van der Waals surface area contributed by atoms with E-state index >= 15 is 0 Å². The Balaban J connectivity index is 1.58. The summed E-state index contributed by atoms with van der Waals surface area (Å²) >= 11 is 0. The molecule has 2 fully saturated rings. The minimum Gasteiger partial charge on any atom is -0.360 e. The number of aryl methyl sites for hydroxylation is 1. The average molecular weight is 372 g/mol. The summed E-state index contributed by atoms with van der Waals surface area (Å²) in [7, 11) is 1.78. The zero-order valence-electron chi connectivity index (χ0n) is 16.7. The van der Waals surface area contributed by atoms with Gasteiger partial charge in [0.1, 0.15) is 11.4 Å². The Morgan fingerprint density at radius 2 is 2.19 bits per heavy atom. The highest BCUT2D eigenvalue weighted by Gasteiger charge is 2.68. The van der Waals surface area contributed by atoms with Crippen molar-refractivity contribution in [3.8, 4) is 0 Å². The van der Waals surface area contributed by atoms with Gasteiger partial charge in [0, 0.05) is 31.5 Å². The first-order valence-electron chi connectivity index (χ1n) is 9.61. The van der Waals surface area contributed by atoms with E-state index in [2.05, 4.69) is 4.98 Å². The number of carbonyl (C=O) groups excluding carboxylic acids is 2. The molecule has 0 radical (unpaired) electrons. The number of fused-ring (bicyclic) bond motifs is 1. The van der Waals surface area contributed by atoms with Crippen LogP contribution in [-0.2, 0) is 27.4 Å². The third-order valence-corrected chi connectivity index (χ3v) is 6.09. The third-order valence-electron chi connectivity index (χ3n) is 6.09. The number of amides is 2. The summed E-state index contributed by atoms with van der Waals surface area (Å²) in [4.78, 5) is 34.4. The molecule has 4 rings (SSSR count). The Labute approximate surface area is 160 Å². The highest BCUT2D eigenvalue weighted by Crippen LogP contribution is 2.53. The van der Waals surface area contributed by atoms with Gasteiger partial charge in [-0.15, -0.1) is 0 Å². The second kappa shape index (κ2) is 5.92. The van der Waals surface area contributed by atoms with E-state index in [4.69, 9.17) is 4.74 Å². The lowest BCUT2D eigenvalue weighted by Crippen LogP contribution is -2.47. The number of rotatable bonds is 4. The lowest BCUT2D eigenvalue weighted by atomic mass is 9.76. The van der Waals surface area contributed by atoms with Crippen LogP contribution >= 0.6 is 0 Å². The van der Waals surface area contributed by atoms with Crippen LogP contribution < -0.4 is 0 Å². The number of ether oxygens (including phenoxy) is 1. The first-order chi connectivity index (χ1) is 12.7. The quantitative estimate of drug-likeness (QED) is 0.750. The molecule has 27 heavy (non-hydrogen) atoms. The Hall–Kier alpha value is -2.15. The molecule has 0 aromatic carbocycles. The van der Waals surface area contributed by atoms with Gasteiger partial charge in [-0.2, -0.15) is 0 Å². The summed E-state index contributed by atoms with van der Waals surface area (Å²) < 4.78 is 8.22. The summed E-state index contributed by atoms with van der Waals surface area (Å²) in [5.41, 5.74) is -0.949. The summed E-state index contributed by atoms with van der Waals surface area (Å²) in [6.45, 7) is 9.85. The fraction of sp³-hybridized carbons (Fsp3) is 0.650. The molecule has 146 valence electrons. The molecule has 4 atom stereocenters. The van der Waals surface area contributed by atoms with Crippen molar-refractivity contribution in [2.45, 2.75) is 58.0 Å². The molecule has 0 N–H and O–H groups in total. The van der Waals surface area contributed by atoms with Crippen LogP contribution in [0, 0.1) is 11.8 Å². The Kier molecular flexibility index (Phi) is 4.00. The zero-order chi connectivity index (χ0) is 19.6. The SMILES string of the molecule is CCn1ccnc1CN(C)C(=O)[C@@H]1[C@@H]2C=C[C@@]3(CN(C(C)(C)C)C(=O)[C@H]13)O2. The Bertz CT molecular complexity index is 808. The monoisotopic (exact) mass is 372 g/mol. The standard InChI is InChI=1S/C20H28N4O3/c1-6-23-10-9-21-14(23)11-22(5)17(25)15-13-7-8-20(27-13)12-24(19(2,3)4)18(26)16(15)20/h7-10,13,15-16H,6,11-12H2,1-5H3/t13-,15+,16-,20-/m0/s1. The molecular formula is C20H28N4O3. The maximum absolute atomic E-state index is 13.3. The first kappa shape index (κ1) is 18.2. The second-order valence-electron chi connectivity index (χ2n) is 8.82.